The second-order valence-corrected chi connectivity index (χ2v) is 8.24. The molecule has 0 bridgehead atoms. The van der Waals surface area contributed by atoms with Crippen LogP contribution in [0.2, 0.25) is 6.82 Å². The van der Waals surface area contributed by atoms with Gasteiger partial charge < -0.3 is 12.2 Å². The fraction of sp³-hybridized carbons (Fsp3) is 0.500. The number of hydrogen-bond donors (Lipinski definition) is 0. The van der Waals surface area contributed by atoms with Crippen LogP contribution in [0.5, 0.6) is 0 Å². The van der Waals surface area contributed by atoms with Gasteiger partial charge in [-0.2, -0.15) is 0 Å². The molecule has 1 heterocycles. The molecule has 0 saturated carbocycles. The van der Waals surface area contributed by atoms with Gasteiger partial charge in [0.05, 0.1) is 0 Å². The molecule has 1 rings (SSSR count). The monoisotopic (exact) mass is 445 g/mol. The average molecular weight is 441 g/mol. The minimum Gasteiger partial charge on any atom is -0.362 e. The van der Waals surface area contributed by atoms with Crippen molar-refractivity contribution >= 4 is 149 Å². The summed E-state index contributed by atoms with van der Waals surface area (Å²) in [7, 11) is 62.4. The van der Waals surface area contributed by atoms with Crippen LogP contribution in [0.4, 0.5) is 0 Å². The van der Waals surface area contributed by atoms with Crippen LogP contribution in [0, 0.1) is 14.4 Å². The Morgan fingerprint density at radius 1 is 0.839 bits per heavy atom. The minimum absolute atomic E-state index is 0. The van der Waals surface area contributed by atoms with E-state index in [2.05, 4.69) is 24.6 Å². The van der Waals surface area contributed by atoms with Gasteiger partial charge >= 0.3 is 0 Å². The third kappa shape index (κ3) is 9.90. The quantitative estimate of drug-likeness (QED) is 0.228. The van der Waals surface area contributed by atoms with Crippen LogP contribution in [0.1, 0.15) is 6.42 Å². The zero-order valence-electron chi connectivity index (χ0n) is 19.1. The molecule has 0 unspecified atom stereocenters. The van der Waals surface area contributed by atoms with Crippen LogP contribution in [0.15, 0.2) is 11.6 Å². The summed E-state index contributed by atoms with van der Waals surface area (Å²) in [6, 6.07) is 0. The maximum atomic E-state index is 6.42. The van der Waals surface area contributed by atoms with Gasteiger partial charge in [-0.1, -0.05) is 13.4 Å². The van der Waals surface area contributed by atoms with E-state index in [4.69, 9.17) is 77.4 Å². The second-order valence-electron chi connectivity index (χ2n) is 8.24. The Balaban J connectivity index is 0. The van der Waals surface area contributed by atoms with Crippen molar-refractivity contribution in [2.24, 2.45) is 0 Å². The normalized spacial score (nSPS) is 12.6. The Labute approximate surface area is 236 Å². The molecule has 0 aromatic rings. The number of rotatable bonds is 11. The van der Waals surface area contributed by atoms with E-state index in [0.29, 0.717) is 6.54 Å². The third-order valence-corrected chi connectivity index (χ3v) is 6.25. The van der Waals surface area contributed by atoms with Crippen LogP contribution in [0.3, 0.4) is 0 Å². The topological polar surface area (TPSA) is 3.24 Å². The summed E-state index contributed by atoms with van der Waals surface area (Å²) in [5.74, 6) is 0. The van der Waals surface area contributed by atoms with Crippen molar-refractivity contribution < 1.29 is 32.7 Å². The van der Waals surface area contributed by atoms with Crippen molar-refractivity contribution in [3.05, 3.63) is 26.0 Å². The van der Waals surface area contributed by atoms with Crippen molar-refractivity contribution in [2.75, 3.05) is 13.1 Å². The van der Waals surface area contributed by atoms with E-state index in [1.807, 2.05) is 0 Å². The largest absolute Gasteiger partial charge is 0.362 e. The molecule has 22 radical (unpaired) electrons. The van der Waals surface area contributed by atoms with E-state index >= 15 is 0 Å². The van der Waals surface area contributed by atoms with Gasteiger partial charge in [0.15, 0.2) is 6.74 Å². The van der Waals surface area contributed by atoms with E-state index < -0.39 is 51.1 Å². The molecule has 0 amide bonds. The summed E-state index contributed by atoms with van der Waals surface area (Å²) in [5, 5.41) is 0. The average Bonchev–Trinajstić information content (AvgIpc) is 2.62. The standard InChI is InChI=1S/C7H12B21N.CH3.Y/c1-7-3-5-29(6-4-7)19(2)25(26(20(9)10)21(11)12)28(24(17)18-8)27(22(13)14)23(15)16;;/h3H,1,4-6H2,2H3;1H3;/q2*-1;. The Hall–Kier alpha value is 2.04. The first-order chi connectivity index (χ1) is 13.4. The summed E-state index contributed by atoms with van der Waals surface area (Å²) < 4.78 is 0. The molecule has 0 aromatic carbocycles. The van der Waals surface area contributed by atoms with E-state index in [0.717, 1.165) is 18.5 Å². The molecule has 0 aliphatic carbocycles. The Bertz CT molecular complexity index is 502. The van der Waals surface area contributed by atoms with Crippen LogP contribution in [-0.2, 0) is 32.7 Å². The Kier molecular flexibility index (Phi) is 18.9. The molecule has 0 spiro atoms. The molecule has 0 aromatic heterocycles. The van der Waals surface area contributed by atoms with Gasteiger partial charge in [-0.15, -0.1) is 0 Å². The summed E-state index contributed by atoms with van der Waals surface area (Å²) in [4.78, 5) is 2.27. The van der Waals surface area contributed by atoms with Gasteiger partial charge in [0.25, 0.3) is 0 Å². The summed E-state index contributed by atoms with van der Waals surface area (Å²) >= 11 is 0. The molecule has 23 heteroatoms. The van der Waals surface area contributed by atoms with Gasteiger partial charge in [0, 0.05) is 175 Å². The molecule has 0 N–H and O–H groups in total. The number of nitrogens with zero attached hydrogens (tertiary/aromatic N) is 1. The first-order valence-corrected chi connectivity index (χ1v) is 10.0. The minimum atomic E-state index is -0.836. The third-order valence-electron chi connectivity index (χ3n) is 6.25. The van der Waals surface area contributed by atoms with Gasteiger partial charge in [0.2, 0.25) is 0 Å². The predicted molar refractivity (Wildman–Crippen MR) is 163 cm³/mol. The van der Waals surface area contributed by atoms with Crippen molar-refractivity contribution in [3.8, 4) is 0 Å². The van der Waals surface area contributed by atoms with E-state index in [-0.39, 0.29) is 53.3 Å². The van der Waals surface area contributed by atoms with Gasteiger partial charge in [-0.25, -0.2) is 18.6 Å². The maximum absolute atomic E-state index is 6.42. The number of hydrogen-bond acceptors (Lipinski definition) is 1. The van der Waals surface area contributed by atoms with Gasteiger partial charge in [0.1, 0.15) is 0 Å². The molecule has 31 heavy (non-hydrogen) atoms. The molecular weight excluding hydrogens is 426 g/mol. The Morgan fingerprint density at radius 2 is 1.26 bits per heavy atom. The molecule has 0 atom stereocenters. The van der Waals surface area contributed by atoms with E-state index in [9.17, 15) is 0 Å². The molecular formula is C8H15B21NY-2. The molecule has 1 aliphatic heterocycles. The zero-order valence-corrected chi connectivity index (χ0v) is 21.9. The molecule has 1 aliphatic rings. The summed E-state index contributed by atoms with van der Waals surface area (Å²) in [5.41, 5.74) is 1.10. The molecule has 0 fully saturated rings. The molecule has 120 valence electrons. The second kappa shape index (κ2) is 16.7. The first kappa shape index (κ1) is 35.2. The van der Waals surface area contributed by atoms with Crippen molar-refractivity contribution in [3.63, 3.8) is 0 Å². The predicted octanol–water partition coefficient (Wildman–Crippen LogP) is -6.05. The van der Waals surface area contributed by atoms with E-state index in [1.54, 1.807) is 0 Å². The SMILES string of the molecule is [B][B]B([B])B(B(B([B])[B])B([B])[B])B(B(B([B])[B])B([B])[B])B(C)N1CC=C([CH2-])CC1.[CH3-].[Y]. The van der Waals surface area contributed by atoms with E-state index in [1.165, 1.54) is 7.06 Å². The van der Waals surface area contributed by atoms with Crippen molar-refractivity contribution in [1.29, 1.82) is 0 Å². The fourth-order valence-corrected chi connectivity index (χ4v) is 4.68. The first-order valence-electron chi connectivity index (χ1n) is 10.0. The molecule has 0 saturated heterocycles. The van der Waals surface area contributed by atoms with Crippen LogP contribution >= 0.6 is 0 Å². The van der Waals surface area contributed by atoms with Crippen molar-refractivity contribution in [1.82, 2.24) is 4.81 Å². The van der Waals surface area contributed by atoms with Gasteiger partial charge in [-0.3, -0.25) is 0 Å². The molecule has 1 nitrogen and oxygen atoms in total. The van der Waals surface area contributed by atoms with Crippen LogP contribution in [-0.4, -0.2) is 167 Å². The summed E-state index contributed by atoms with van der Waals surface area (Å²) in [6.45, 7) is 7.52. The summed E-state index contributed by atoms with van der Waals surface area (Å²) in [6.07, 6.45) is -2.82. The fourth-order valence-electron chi connectivity index (χ4n) is 4.68. The van der Waals surface area contributed by atoms with Crippen LogP contribution in [0.25, 0.3) is 0 Å². The zero-order chi connectivity index (χ0) is 22.5. The van der Waals surface area contributed by atoms with Crippen LogP contribution < -0.4 is 0 Å². The maximum Gasteiger partial charge on any atom is 0.164 e. The van der Waals surface area contributed by atoms with Crippen molar-refractivity contribution in [2.45, 2.75) is 13.2 Å². The van der Waals surface area contributed by atoms with Gasteiger partial charge in [-0.05, 0) is 13.0 Å². The Morgan fingerprint density at radius 3 is 1.58 bits per heavy atom. The smallest absolute Gasteiger partial charge is 0.164 e.